The number of nitrogens with one attached hydrogen (secondary N) is 1. The summed E-state index contributed by atoms with van der Waals surface area (Å²) < 4.78 is 0. The lowest BCUT2D eigenvalue weighted by molar-refractivity contribution is -0.122. The van der Waals surface area contributed by atoms with Crippen molar-refractivity contribution in [2.75, 3.05) is 6.54 Å². The van der Waals surface area contributed by atoms with Gasteiger partial charge in [0.15, 0.2) is 0 Å². The summed E-state index contributed by atoms with van der Waals surface area (Å²) in [5.74, 6) is 0.574. The predicted molar refractivity (Wildman–Crippen MR) is 35.9 cm³/mol. The van der Waals surface area contributed by atoms with Crippen molar-refractivity contribution in [1.29, 1.82) is 0 Å². The molecule has 0 aliphatic carbocycles. The highest BCUT2D eigenvalue weighted by molar-refractivity contribution is 5.77. The van der Waals surface area contributed by atoms with E-state index in [0.717, 1.165) is 13.0 Å². The van der Waals surface area contributed by atoms with Gasteiger partial charge in [-0.1, -0.05) is 6.08 Å². The number of piperidine rings is 1. The molecule has 0 aromatic heterocycles. The van der Waals surface area contributed by atoms with E-state index in [2.05, 4.69) is 11.9 Å². The molecular formula is C7H11NO. The average molecular weight is 125 g/mol. The minimum Gasteiger partial charge on any atom is -0.356 e. The van der Waals surface area contributed by atoms with Gasteiger partial charge in [-0.05, 0) is 12.3 Å². The molecule has 0 aromatic carbocycles. The molecule has 1 saturated heterocycles. The third-order valence-electron chi connectivity index (χ3n) is 1.62. The highest BCUT2D eigenvalue weighted by atomic mass is 16.1. The van der Waals surface area contributed by atoms with E-state index >= 15 is 0 Å². The number of carbonyl (C=O) groups is 1. The van der Waals surface area contributed by atoms with Crippen LogP contribution in [0.25, 0.3) is 0 Å². The molecule has 0 aromatic rings. The molecule has 1 N–H and O–H groups in total. The van der Waals surface area contributed by atoms with Gasteiger partial charge in [0, 0.05) is 13.0 Å². The van der Waals surface area contributed by atoms with Crippen LogP contribution in [-0.2, 0) is 4.79 Å². The highest BCUT2D eigenvalue weighted by Crippen LogP contribution is 2.12. The van der Waals surface area contributed by atoms with E-state index in [1.165, 1.54) is 0 Å². The van der Waals surface area contributed by atoms with Crippen molar-refractivity contribution in [3.05, 3.63) is 12.7 Å². The van der Waals surface area contributed by atoms with Crippen molar-refractivity contribution < 1.29 is 4.79 Å². The minimum atomic E-state index is 0.158. The topological polar surface area (TPSA) is 29.1 Å². The van der Waals surface area contributed by atoms with Crippen LogP contribution in [0.2, 0.25) is 0 Å². The molecule has 0 bridgehead atoms. The summed E-state index contributed by atoms with van der Waals surface area (Å²) in [7, 11) is 0. The van der Waals surface area contributed by atoms with E-state index < -0.39 is 0 Å². The molecule has 1 aliphatic rings. The molecule has 1 rings (SSSR count). The fraction of sp³-hybridized carbons (Fsp3) is 0.571. The van der Waals surface area contributed by atoms with Gasteiger partial charge in [-0.25, -0.2) is 0 Å². The summed E-state index contributed by atoms with van der Waals surface area (Å²) in [6, 6.07) is 0. The largest absolute Gasteiger partial charge is 0.356 e. The van der Waals surface area contributed by atoms with E-state index in [4.69, 9.17) is 0 Å². The van der Waals surface area contributed by atoms with Gasteiger partial charge in [-0.3, -0.25) is 4.79 Å². The maximum atomic E-state index is 10.7. The second-order valence-corrected chi connectivity index (χ2v) is 2.34. The maximum Gasteiger partial charge on any atom is 0.220 e. The molecule has 50 valence electrons. The van der Waals surface area contributed by atoms with Gasteiger partial charge in [0.1, 0.15) is 0 Å². The van der Waals surface area contributed by atoms with E-state index in [0.29, 0.717) is 12.3 Å². The van der Waals surface area contributed by atoms with Crippen molar-refractivity contribution in [2.45, 2.75) is 12.8 Å². The Morgan fingerprint density at radius 2 is 2.56 bits per heavy atom. The summed E-state index contributed by atoms with van der Waals surface area (Å²) >= 11 is 0. The molecule has 0 saturated carbocycles. The molecule has 0 unspecified atom stereocenters. The van der Waals surface area contributed by atoms with Crippen molar-refractivity contribution in [2.24, 2.45) is 5.92 Å². The molecule has 1 heterocycles. The second kappa shape index (κ2) is 2.67. The van der Waals surface area contributed by atoms with Crippen LogP contribution in [-0.4, -0.2) is 12.5 Å². The Hall–Kier alpha value is -0.790. The van der Waals surface area contributed by atoms with Crippen molar-refractivity contribution in [1.82, 2.24) is 5.32 Å². The molecule has 2 heteroatoms. The standard InChI is InChI=1S/C7H11NO/c1-2-6-3-4-8-7(9)5-6/h2,6H,1,3-5H2,(H,8,9)/t6-/m0/s1. The van der Waals surface area contributed by atoms with Crippen LogP contribution in [0.15, 0.2) is 12.7 Å². The number of rotatable bonds is 1. The van der Waals surface area contributed by atoms with Gasteiger partial charge in [0.2, 0.25) is 5.91 Å². The second-order valence-electron chi connectivity index (χ2n) is 2.34. The number of allylic oxidation sites excluding steroid dienone is 1. The lowest BCUT2D eigenvalue weighted by Crippen LogP contribution is -2.32. The molecule has 2 nitrogen and oxygen atoms in total. The fourth-order valence-corrected chi connectivity index (χ4v) is 1.01. The van der Waals surface area contributed by atoms with Gasteiger partial charge >= 0.3 is 0 Å². The summed E-state index contributed by atoms with van der Waals surface area (Å²) in [5, 5.41) is 2.76. The zero-order chi connectivity index (χ0) is 6.69. The molecule has 0 radical (unpaired) electrons. The molecular weight excluding hydrogens is 114 g/mol. The minimum absolute atomic E-state index is 0.158. The summed E-state index contributed by atoms with van der Waals surface area (Å²) in [6.45, 7) is 4.45. The number of carbonyl (C=O) groups excluding carboxylic acids is 1. The van der Waals surface area contributed by atoms with Gasteiger partial charge in [0.25, 0.3) is 0 Å². The Bertz CT molecular complexity index is 131. The van der Waals surface area contributed by atoms with Crippen LogP contribution >= 0.6 is 0 Å². The summed E-state index contributed by atoms with van der Waals surface area (Å²) in [5.41, 5.74) is 0. The Balaban J connectivity index is 2.40. The SMILES string of the molecule is C=C[C@H]1CCNC(=O)C1. The van der Waals surface area contributed by atoms with Crippen LogP contribution in [0.3, 0.4) is 0 Å². The first-order chi connectivity index (χ1) is 4.33. The fourth-order valence-electron chi connectivity index (χ4n) is 1.01. The third-order valence-corrected chi connectivity index (χ3v) is 1.62. The van der Waals surface area contributed by atoms with Gasteiger partial charge in [-0.15, -0.1) is 6.58 Å². The Labute approximate surface area is 54.9 Å². The van der Waals surface area contributed by atoms with E-state index in [-0.39, 0.29) is 5.91 Å². The van der Waals surface area contributed by atoms with Crippen molar-refractivity contribution >= 4 is 5.91 Å². The average Bonchev–Trinajstić information content (AvgIpc) is 1.88. The van der Waals surface area contributed by atoms with Crippen LogP contribution in [0.1, 0.15) is 12.8 Å². The van der Waals surface area contributed by atoms with Crippen LogP contribution in [0, 0.1) is 5.92 Å². The molecule has 1 aliphatic heterocycles. The zero-order valence-corrected chi connectivity index (χ0v) is 5.39. The van der Waals surface area contributed by atoms with Crippen LogP contribution in [0.4, 0.5) is 0 Å². The molecule has 1 atom stereocenters. The summed E-state index contributed by atoms with van der Waals surface area (Å²) in [4.78, 5) is 10.7. The van der Waals surface area contributed by atoms with Crippen molar-refractivity contribution in [3.8, 4) is 0 Å². The first kappa shape index (κ1) is 6.33. The Morgan fingerprint density at radius 3 is 3.00 bits per heavy atom. The van der Waals surface area contributed by atoms with Gasteiger partial charge in [0.05, 0.1) is 0 Å². The zero-order valence-electron chi connectivity index (χ0n) is 5.39. The molecule has 1 fully saturated rings. The quantitative estimate of drug-likeness (QED) is 0.513. The van der Waals surface area contributed by atoms with E-state index in [9.17, 15) is 4.79 Å². The normalized spacial score (nSPS) is 27.1. The van der Waals surface area contributed by atoms with Crippen LogP contribution < -0.4 is 5.32 Å². The van der Waals surface area contributed by atoms with E-state index in [1.807, 2.05) is 6.08 Å². The van der Waals surface area contributed by atoms with E-state index in [1.54, 1.807) is 0 Å². The van der Waals surface area contributed by atoms with Gasteiger partial charge in [-0.2, -0.15) is 0 Å². The lowest BCUT2D eigenvalue weighted by atomic mass is 9.98. The highest BCUT2D eigenvalue weighted by Gasteiger charge is 2.14. The molecule has 9 heavy (non-hydrogen) atoms. The first-order valence-corrected chi connectivity index (χ1v) is 3.22. The summed E-state index contributed by atoms with van der Waals surface area (Å²) in [6.07, 6.45) is 3.54. The maximum absolute atomic E-state index is 10.7. The number of amides is 1. The predicted octanol–water partition coefficient (Wildman–Crippen LogP) is 0.699. The smallest absolute Gasteiger partial charge is 0.220 e. The Morgan fingerprint density at radius 1 is 1.78 bits per heavy atom. The molecule has 0 spiro atoms. The first-order valence-electron chi connectivity index (χ1n) is 3.22. The van der Waals surface area contributed by atoms with Crippen molar-refractivity contribution in [3.63, 3.8) is 0 Å². The van der Waals surface area contributed by atoms with Crippen LogP contribution in [0.5, 0.6) is 0 Å². The molecule has 1 amide bonds. The number of hydrogen-bond donors (Lipinski definition) is 1. The van der Waals surface area contributed by atoms with Gasteiger partial charge < -0.3 is 5.32 Å². The Kier molecular flexibility index (Phi) is 1.88. The monoisotopic (exact) mass is 125 g/mol. The lowest BCUT2D eigenvalue weighted by Gasteiger charge is -2.17. The number of hydrogen-bond acceptors (Lipinski definition) is 1. The third kappa shape index (κ3) is 1.56.